The van der Waals surface area contributed by atoms with Crippen LogP contribution in [0.1, 0.15) is 16.1 Å². The molecule has 0 aliphatic heterocycles. The maximum Gasteiger partial charge on any atom is 0.276 e. The van der Waals surface area contributed by atoms with Gasteiger partial charge in [-0.05, 0) is 42.0 Å². The first-order valence-electron chi connectivity index (χ1n) is 8.44. The molecule has 0 fully saturated rings. The zero-order valence-corrected chi connectivity index (χ0v) is 15.4. The highest BCUT2D eigenvalue weighted by Crippen LogP contribution is 2.29. The van der Waals surface area contributed by atoms with Gasteiger partial charge in [0.25, 0.3) is 5.91 Å². The van der Waals surface area contributed by atoms with Crippen molar-refractivity contribution in [1.82, 2.24) is 10.2 Å². The van der Waals surface area contributed by atoms with Gasteiger partial charge in [0.2, 0.25) is 0 Å². The standard InChI is InChI=1S/C20H19FN4O3/c1-27-17-9-7-15(11-18(17)28-2)23-20(26)16-8-10-19(25-24-16)22-12-13-3-5-14(21)6-4-13/h3-11H,12H2,1-2H3,(H,22,25)(H,23,26). The number of amides is 1. The number of hydrogen-bond donors (Lipinski definition) is 2. The van der Waals surface area contributed by atoms with Crippen molar-refractivity contribution >= 4 is 17.4 Å². The molecule has 0 spiro atoms. The monoisotopic (exact) mass is 382 g/mol. The highest BCUT2D eigenvalue weighted by Gasteiger charge is 2.11. The summed E-state index contributed by atoms with van der Waals surface area (Å²) in [6.45, 7) is 0.464. The maximum atomic E-state index is 12.9. The molecule has 0 saturated carbocycles. The number of ether oxygens (including phenoxy) is 2. The first-order chi connectivity index (χ1) is 13.6. The topological polar surface area (TPSA) is 85.4 Å². The summed E-state index contributed by atoms with van der Waals surface area (Å²) in [5.41, 5.74) is 1.61. The fraction of sp³-hybridized carbons (Fsp3) is 0.150. The van der Waals surface area contributed by atoms with E-state index in [-0.39, 0.29) is 11.5 Å². The second-order valence-electron chi connectivity index (χ2n) is 5.81. The van der Waals surface area contributed by atoms with Gasteiger partial charge in [0.1, 0.15) is 11.6 Å². The van der Waals surface area contributed by atoms with Crippen LogP contribution in [-0.2, 0) is 6.54 Å². The van der Waals surface area contributed by atoms with E-state index in [1.54, 1.807) is 42.5 Å². The fourth-order valence-electron chi connectivity index (χ4n) is 2.45. The Balaban J connectivity index is 1.61. The van der Waals surface area contributed by atoms with Crippen LogP contribution in [0.2, 0.25) is 0 Å². The molecule has 7 nitrogen and oxygen atoms in total. The van der Waals surface area contributed by atoms with E-state index in [1.807, 2.05) is 0 Å². The molecule has 1 aromatic heterocycles. The summed E-state index contributed by atoms with van der Waals surface area (Å²) in [5.74, 6) is 0.897. The average molecular weight is 382 g/mol. The number of carbonyl (C=O) groups is 1. The highest BCUT2D eigenvalue weighted by molar-refractivity contribution is 6.02. The Hall–Kier alpha value is -3.68. The Morgan fingerprint density at radius 1 is 0.964 bits per heavy atom. The molecule has 0 bridgehead atoms. The van der Waals surface area contributed by atoms with Gasteiger partial charge in [-0.3, -0.25) is 4.79 Å². The number of carbonyl (C=O) groups excluding carboxylic acids is 1. The first-order valence-corrected chi connectivity index (χ1v) is 8.44. The van der Waals surface area contributed by atoms with Gasteiger partial charge in [-0.15, -0.1) is 10.2 Å². The molecular weight excluding hydrogens is 363 g/mol. The number of methoxy groups -OCH3 is 2. The Morgan fingerprint density at radius 3 is 2.36 bits per heavy atom. The number of benzene rings is 2. The summed E-state index contributed by atoms with van der Waals surface area (Å²) in [7, 11) is 3.06. The summed E-state index contributed by atoms with van der Waals surface area (Å²) in [4.78, 5) is 12.3. The van der Waals surface area contributed by atoms with Gasteiger partial charge in [-0.1, -0.05) is 12.1 Å². The SMILES string of the molecule is COc1ccc(NC(=O)c2ccc(NCc3ccc(F)cc3)nn2)cc1OC. The lowest BCUT2D eigenvalue weighted by Gasteiger charge is -2.10. The summed E-state index contributed by atoms with van der Waals surface area (Å²) < 4.78 is 23.3. The quantitative estimate of drug-likeness (QED) is 0.651. The van der Waals surface area contributed by atoms with Crippen LogP contribution in [0, 0.1) is 5.82 Å². The van der Waals surface area contributed by atoms with Crippen molar-refractivity contribution in [2.24, 2.45) is 0 Å². The molecule has 0 saturated heterocycles. The Morgan fingerprint density at radius 2 is 1.71 bits per heavy atom. The van der Waals surface area contributed by atoms with E-state index < -0.39 is 5.91 Å². The number of hydrogen-bond acceptors (Lipinski definition) is 6. The lowest BCUT2D eigenvalue weighted by molar-refractivity contribution is 0.102. The highest BCUT2D eigenvalue weighted by atomic mass is 19.1. The van der Waals surface area contributed by atoms with Crippen LogP contribution < -0.4 is 20.1 Å². The predicted molar refractivity (Wildman–Crippen MR) is 103 cm³/mol. The second-order valence-corrected chi connectivity index (χ2v) is 5.81. The van der Waals surface area contributed by atoms with E-state index in [1.165, 1.54) is 26.4 Å². The largest absolute Gasteiger partial charge is 0.493 e. The summed E-state index contributed by atoms with van der Waals surface area (Å²) in [5, 5.41) is 13.7. The average Bonchev–Trinajstić information content (AvgIpc) is 2.73. The molecule has 2 aromatic carbocycles. The minimum atomic E-state index is -0.398. The van der Waals surface area contributed by atoms with Crippen molar-refractivity contribution in [3.63, 3.8) is 0 Å². The number of nitrogens with zero attached hydrogens (tertiary/aromatic N) is 2. The van der Waals surface area contributed by atoms with Crippen LogP contribution in [0.5, 0.6) is 11.5 Å². The molecular formula is C20H19FN4O3. The van der Waals surface area contributed by atoms with Crippen LogP contribution in [0.3, 0.4) is 0 Å². The summed E-state index contributed by atoms with van der Waals surface area (Å²) in [6, 6.07) is 14.4. The summed E-state index contributed by atoms with van der Waals surface area (Å²) in [6.07, 6.45) is 0. The fourth-order valence-corrected chi connectivity index (χ4v) is 2.45. The number of nitrogens with one attached hydrogen (secondary N) is 2. The van der Waals surface area contributed by atoms with Gasteiger partial charge in [-0.2, -0.15) is 0 Å². The van der Waals surface area contributed by atoms with Crippen LogP contribution in [0.25, 0.3) is 0 Å². The smallest absolute Gasteiger partial charge is 0.276 e. The molecule has 0 aliphatic carbocycles. The van der Waals surface area contributed by atoms with Crippen molar-refractivity contribution in [2.75, 3.05) is 24.9 Å². The molecule has 8 heteroatoms. The van der Waals surface area contributed by atoms with Crippen molar-refractivity contribution in [1.29, 1.82) is 0 Å². The van der Waals surface area contributed by atoms with Crippen molar-refractivity contribution in [3.8, 4) is 11.5 Å². The zero-order valence-electron chi connectivity index (χ0n) is 15.4. The van der Waals surface area contributed by atoms with Crippen LogP contribution in [0.4, 0.5) is 15.9 Å². The first kappa shape index (κ1) is 19.1. The van der Waals surface area contributed by atoms with Crippen molar-refractivity contribution in [2.45, 2.75) is 6.54 Å². The van der Waals surface area contributed by atoms with E-state index in [2.05, 4.69) is 20.8 Å². The van der Waals surface area contributed by atoms with Crippen LogP contribution in [-0.4, -0.2) is 30.3 Å². The van der Waals surface area contributed by atoms with E-state index in [0.717, 1.165) is 5.56 Å². The minimum absolute atomic E-state index is 0.169. The molecule has 1 heterocycles. The molecule has 0 aliphatic rings. The normalized spacial score (nSPS) is 10.2. The van der Waals surface area contributed by atoms with E-state index in [0.29, 0.717) is 29.5 Å². The van der Waals surface area contributed by atoms with Gasteiger partial charge in [0.15, 0.2) is 17.2 Å². The molecule has 144 valence electrons. The maximum absolute atomic E-state index is 12.9. The van der Waals surface area contributed by atoms with Gasteiger partial charge in [0, 0.05) is 18.3 Å². The molecule has 28 heavy (non-hydrogen) atoms. The predicted octanol–water partition coefficient (Wildman–Crippen LogP) is 3.50. The molecule has 1 amide bonds. The van der Waals surface area contributed by atoms with Gasteiger partial charge in [-0.25, -0.2) is 4.39 Å². The van der Waals surface area contributed by atoms with Gasteiger partial charge in [0.05, 0.1) is 14.2 Å². The number of rotatable bonds is 7. The molecule has 3 rings (SSSR count). The summed E-state index contributed by atoms with van der Waals surface area (Å²) >= 11 is 0. The van der Waals surface area contributed by atoms with Crippen LogP contribution in [0.15, 0.2) is 54.6 Å². The van der Waals surface area contributed by atoms with Gasteiger partial charge < -0.3 is 20.1 Å². The Bertz CT molecular complexity index is 947. The molecule has 0 radical (unpaired) electrons. The van der Waals surface area contributed by atoms with E-state index in [9.17, 15) is 9.18 Å². The second kappa shape index (κ2) is 8.81. The van der Waals surface area contributed by atoms with Crippen molar-refractivity contribution in [3.05, 3.63) is 71.7 Å². The van der Waals surface area contributed by atoms with E-state index >= 15 is 0 Å². The zero-order chi connectivity index (χ0) is 19.9. The number of halogens is 1. The van der Waals surface area contributed by atoms with Gasteiger partial charge >= 0.3 is 0 Å². The lowest BCUT2D eigenvalue weighted by atomic mass is 10.2. The number of anilines is 2. The van der Waals surface area contributed by atoms with Crippen LogP contribution >= 0.6 is 0 Å². The van der Waals surface area contributed by atoms with E-state index in [4.69, 9.17) is 9.47 Å². The lowest BCUT2D eigenvalue weighted by Crippen LogP contribution is -2.15. The Labute approximate surface area is 161 Å². The third kappa shape index (κ3) is 4.73. The minimum Gasteiger partial charge on any atom is -0.493 e. The molecule has 0 atom stereocenters. The molecule has 2 N–H and O–H groups in total. The molecule has 3 aromatic rings. The molecule has 0 unspecified atom stereocenters. The number of aromatic nitrogens is 2. The van der Waals surface area contributed by atoms with Crippen molar-refractivity contribution < 1.29 is 18.7 Å². The third-order valence-corrected chi connectivity index (χ3v) is 3.93. The third-order valence-electron chi connectivity index (χ3n) is 3.93. The Kier molecular flexibility index (Phi) is 6.01.